The molecule has 0 saturated carbocycles. The summed E-state index contributed by atoms with van der Waals surface area (Å²) in [5, 5.41) is 1.95. The number of rotatable bonds is 7. The smallest absolute Gasteiger partial charge is 0.285 e. The van der Waals surface area contributed by atoms with Crippen LogP contribution in [0.5, 0.6) is 0 Å². The first-order chi connectivity index (χ1) is 12.6. The van der Waals surface area contributed by atoms with Crippen LogP contribution in [0.25, 0.3) is 11.3 Å². The van der Waals surface area contributed by atoms with E-state index in [0.717, 1.165) is 17.7 Å². The van der Waals surface area contributed by atoms with Gasteiger partial charge in [0, 0.05) is 25.6 Å². The van der Waals surface area contributed by atoms with E-state index in [1.54, 1.807) is 37.4 Å². The van der Waals surface area contributed by atoms with Crippen molar-refractivity contribution < 1.29 is 13.2 Å². The van der Waals surface area contributed by atoms with Crippen LogP contribution in [0.3, 0.4) is 0 Å². The average Bonchev–Trinajstić information content (AvgIpc) is 3.05. The Morgan fingerprint density at radius 2 is 1.69 bits per heavy atom. The molecule has 0 radical (unpaired) electrons. The molecule has 3 rings (SSSR count). The maximum atomic E-state index is 12.6. The molecular formula is C19H20N2O3S2. The minimum Gasteiger partial charge on any atom is -0.385 e. The Morgan fingerprint density at radius 1 is 1.04 bits per heavy atom. The van der Waals surface area contributed by atoms with Gasteiger partial charge in [0.1, 0.15) is 0 Å². The second-order valence-corrected chi connectivity index (χ2v) is 8.09. The van der Waals surface area contributed by atoms with Crippen molar-refractivity contribution in [2.45, 2.75) is 17.9 Å². The van der Waals surface area contributed by atoms with Crippen LogP contribution in [0.2, 0.25) is 0 Å². The van der Waals surface area contributed by atoms with Crippen molar-refractivity contribution in [3.05, 3.63) is 70.8 Å². The summed E-state index contributed by atoms with van der Waals surface area (Å²) in [6.07, 6.45) is 0.769. The topological polar surface area (TPSA) is 60.7 Å². The number of aromatic nitrogens is 1. The minimum absolute atomic E-state index is 0.193. The van der Waals surface area contributed by atoms with E-state index in [0.29, 0.717) is 18.0 Å². The lowest BCUT2D eigenvalue weighted by atomic mass is 10.2. The first-order valence-electron chi connectivity index (χ1n) is 8.20. The standard InChI is InChI=1S/C19H20N2O3S2/c1-24-14-8-13-21-18(16-9-4-2-5-10-16)15-25-19(21)20-26(22,23)17-11-6-3-7-12-17/h2-7,9-12,15H,8,13-14H2,1H3/b20-19+. The molecule has 1 aromatic heterocycles. The molecule has 0 bridgehead atoms. The van der Waals surface area contributed by atoms with Crippen molar-refractivity contribution in [2.24, 2.45) is 4.40 Å². The van der Waals surface area contributed by atoms with Crippen LogP contribution in [0.4, 0.5) is 0 Å². The molecule has 1 heterocycles. The molecule has 0 saturated heterocycles. The molecule has 3 aromatic rings. The van der Waals surface area contributed by atoms with Gasteiger partial charge in [0.2, 0.25) is 4.80 Å². The number of benzene rings is 2. The Bertz CT molecular complexity index is 1010. The predicted octanol–water partition coefficient (Wildman–Crippen LogP) is 3.54. The molecule has 136 valence electrons. The minimum atomic E-state index is -3.75. The van der Waals surface area contributed by atoms with E-state index in [2.05, 4.69) is 4.40 Å². The maximum absolute atomic E-state index is 12.6. The average molecular weight is 389 g/mol. The molecule has 0 atom stereocenters. The molecule has 0 aliphatic carbocycles. The van der Waals surface area contributed by atoms with E-state index in [9.17, 15) is 8.42 Å². The largest absolute Gasteiger partial charge is 0.385 e. The van der Waals surface area contributed by atoms with E-state index < -0.39 is 10.0 Å². The van der Waals surface area contributed by atoms with Crippen molar-refractivity contribution in [3.63, 3.8) is 0 Å². The van der Waals surface area contributed by atoms with Crippen LogP contribution < -0.4 is 4.80 Å². The van der Waals surface area contributed by atoms with Gasteiger partial charge in [-0.3, -0.25) is 0 Å². The Morgan fingerprint density at radius 3 is 2.35 bits per heavy atom. The third-order valence-electron chi connectivity index (χ3n) is 3.84. The Labute approximate surface area is 157 Å². The van der Waals surface area contributed by atoms with E-state index >= 15 is 0 Å². The molecule has 0 N–H and O–H groups in total. The zero-order valence-corrected chi connectivity index (χ0v) is 16.0. The van der Waals surface area contributed by atoms with Gasteiger partial charge < -0.3 is 9.30 Å². The van der Waals surface area contributed by atoms with Crippen molar-refractivity contribution in [2.75, 3.05) is 13.7 Å². The predicted molar refractivity (Wildman–Crippen MR) is 103 cm³/mol. The zero-order chi connectivity index (χ0) is 18.4. The van der Waals surface area contributed by atoms with Gasteiger partial charge in [-0.1, -0.05) is 48.5 Å². The zero-order valence-electron chi connectivity index (χ0n) is 14.4. The summed E-state index contributed by atoms with van der Waals surface area (Å²) < 4.78 is 36.4. The molecule has 26 heavy (non-hydrogen) atoms. The van der Waals surface area contributed by atoms with E-state index in [1.807, 2.05) is 40.3 Å². The number of methoxy groups -OCH3 is 1. The second-order valence-electron chi connectivity index (χ2n) is 5.65. The molecule has 0 aliphatic rings. The van der Waals surface area contributed by atoms with Gasteiger partial charge in [0.15, 0.2) is 0 Å². The SMILES string of the molecule is COCCCn1c(-c2ccccc2)cs/c1=N/S(=O)(=O)c1ccccc1. The summed E-state index contributed by atoms with van der Waals surface area (Å²) in [4.78, 5) is 0.655. The lowest BCUT2D eigenvalue weighted by Gasteiger charge is -2.09. The molecule has 0 fully saturated rings. The fourth-order valence-corrected chi connectivity index (χ4v) is 4.75. The molecule has 0 unspecified atom stereocenters. The van der Waals surface area contributed by atoms with E-state index in [4.69, 9.17) is 4.74 Å². The normalized spacial score (nSPS) is 12.4. The van der Waals surface area contributed by atoms with Gasteiger partial charge in [-0.15, -0.1) is 15.7 Å². The first kappa shape index (κ1) is 18.6. The fraction of sp³-hybridized carbons (Fsp3) is 0.211. The summed E-state index contributed by atoms with van der Waals surface area (Å²) in [6, 6.07) is 18.2. The fourth-order valence-electron chi connectivity index (χ4n) is 2.57. The number of hydrogen-bond acceptors (Lipinski definition) is 4. The summed E-state index contributed by atoms with van der Waals surface area (Å²) in [7, 11) is -2.10. The first-order valence-corrected chi connectivity index (χ1v) is 10.5. The van der Waals surface area contributed by atoms with Crippen LogP contribution in [0.1, 0.15) is 6.42 Å². The highest BCUT2D eigenvalue weighted by Gasteiger charge is 2.14. The molecular weight excluding hydrogens is 368 g/mol. The van der Waals surface area contributed by atoms with Crippen molar-refractivity contribution in [1.82, 2.24) is 4.57 Å². The number of thiazole rings is 1. The highest BCUT2D eigenvalue weighted by atomic mass is 32.2. The number of nitrogens with zero attached hydrogens (tertiary/aromatic N) is 2. The molecule has 0 amide bonds. The maximum Gasteiger partial charge on any atom is 0.285 e. The molecule has 0 spiro atoms. The third-order valence-corrected chi connectivity index (χ3v) is 6.10. The molecule has 0 aliphatic heterocycles. The molecule has 2 aromatic carbocycles. The van der Waals surface area contributed by atoms with Gasteiger partial charge in [-0.25, -0.2) is 0 Å². The summed E-state index contributed by atoms with van der Waals surface area (Å²) in [6.45, 7) is 1.23. The van der Waals surface area contributed by atoms with E-state index in [-0.39, 0.29) is 4.90 Å². The van der Waals surface area contributed by atoms with Crippen LogP contribution in [-0.2, 0) is 21.3 Å². The molecule has 7 heteroatoms. The lowest BCUT2D eigenvalue weighted by molar-refractivity contribution is 0.190. The van der Waals surface area contributed by atoms with Crippen molar-refractivity contribution >= 4 is 21.4 Å². The summed E-state index contributed by atoms with van der Waals surface area (Å²) in [5.74, 6) is 0. The van der Waals surface area contributed by atoms with Gasteiger partial charge in [0.05, 0.1) is 10.6 Å². The number of sulfonamides is 1. The number of ether oxygens (including phenoxy) is 1. The van der Waals surface area contributed by atoms with Crippen molar-refractivity contribution in [3.8, 4) is 11.3 Å². The quantitative estimate of drug-likeness (QED) is 0.582. The van der Waals surface area contributed by atoms with Crippen LogP contribution in [-0.4, -0.2) is 26.7 Å². The summed E-state index contributed by atoms with van der Waals surface area (Å²) in [5.41, 5.74) is 1.98. The Kier molecular flexibility index (Phi) is 6.03. The van der Waals surface area contributed by atoms with E-state index in [1.165, 1.54) is 11.3 Å². The van der Waals surface area contributed by atoms with Gasteiger partial charge in [0.25, 0.3) is 10.0 Å². The van der Waals surface area contributed by atoms with Gasteiger partial charge in [-0.05, 0) is 24.1 Å². The third kappa shape index (κ3) is 4.30. The Hall–Kier alpha value is -2.22. The summed E-state index contributed by atoms with van der Waals surface area (Å²) >= 11 is 1.33. The van der Waals surface area contributed by atoms with Crippen LogP contribution in [0.15, 0.2) is 75.3 Å². The lowest BCUT2D eigenvalue weighted by Crippen LogP contribution is -2.19. The van der Waals surface area contributed by atoms with Crippen molar-refractivity contribution in [1.29, 1.82) is 0 Å². The number of hydrogen-bond donors (Lipinski definition) is 0. The molecule has 5 nitrogen and oxygen atoms in total. The van der Waals surface area contributed by atoms with Gasteiger partial charge in [-0.2, -0.15) is 8.42 Å². The van der Waals surface area contributed by atoms with Crippen LogP contribution >= 0.6 is 11.3 Å². The van der Waals surface area contributed by atoms with Crippen LogP contribution in [0, 0.1) is 0 Å². The van der Waals surface area contributed by atoms with Gasteiger partial charge >= 0.3 is 0 Å². The highest BCUT2D eigenvalue weighted by molar-refractivity contribution is 7.90. The second kappa shape index (κ2) is 8.44. The monoisotopic (exact) mass is 388 g/mol. The Balaban J connectivity index is 2.08. The highest BCUT2D eigenvalue weighted by Crippen LogP contribution is 2.20.